The quantitative estimate of drug-likeness (QED) is 0.798. The number of aliphatic hydroxyl groups excluding tert-OH is 1. The summed E-state index contributed by atoms with van der Waals surface area (Å²) < 4.78 is 0. The number of aliphatic hydroxyl groups is 1. The number of nitrogens with zero attached hydrogens (tertiary/aromatic N) is 1. The molecule has 1 atom stereocenters. The maximum Gasteiger partial charge on any atom is 0.0558 e. The molecule has 0 aromatic heterocycles. The Labute approximate surface area is 95.5 Å². The van der Waals surface area contributed by atoms with Crippen LogP contribution in [-0.4, -0.2) is 36.8 Å². The van der Waals surface area contributed by atoms with E-state index in [1.165, 1.54) is 0 Å². The first-order valence-electron chi connectivity index (χ1n) is 4.96. The monoisotopic (exact) mass is 228 g/mol. The highest BCUT2D eigenvalue weighted by atomic mass is 35.5. The second-order valence-corrected chi connectivity index (χ2v) is 3.88. The molecule has 0 aliphatic rings. The van der Waals surface area contributed by atoms with Crippen LogP contribution >= 0.6 is 11.6 Å². The Hall–Kier alpha value is -0.610. The Morgan fingerprint density at radius 2 is 2.13 bits per heavy atom. The molecule has 0 aliphatic carbocycles. The molecule has 4 heteroatoms. The van der Waals surface area contributed by atoms with Gasteiger partial charge < -0.3 is 10.8 Å². The highest BCUT2D eigenvalue weighted by Gasteiger charge is 2.16. The van der Waals surface area contributed by atoms with Crippen LogP contribution in [0.3, 0.4) is 0 Å². The highest BCUT2D eigenvalue weighted by Crippen LogP contribution is 2.25. The lowest BCUT2D eigenvalue weighted by Gasteiger charge is -2.27. The van der Waals surface area contributed by atoms with Crippen molar-refractivity contribution >= 4 is 11.6 Å². The van der Waals surface area contributed by atoms with Gasteiger partial charge in [-0.25, -0.2) is 0 Å². The van der Waals surface area contributed by atoms with Crippen molar-refractivity contribution in [3.05, 3.63) is 34.9 Å². The van der Waals surface area contributed by atoms with E-state index in [0.29, 0.717) is 13.1 Å². The van der Waals surface area contributed by atoms with Crippen molar-refractivity contribution in [1.29, 1.82) is 0 Å². The minimum Gasteiger partial charge on any atom is -0.395 e. The first-order chi connectivity index (χ1) is 7.20. The normalized spacial score (nSPS) is 13.1. The maximum atomic E-state index is 8.88. The molecule has 0 amide bonds. The van der Waals surface area contributed by atoms with Crippen LogP contribution in [0.25, 0.3) is 0 Å². The summed E-state index contributed by atoms with van der Waals surface area (Å²) in [5.74, 6) is 0. The van der Waals surface area contributed by atoms with Gasteiger partial charge in [0.25, 0.3) is 0 Å². The number of hydrogen-bond acceptors (Lipinski definition) is 3. The van der Waals surface area contributed by atoms with Crippen LogP contribution < -0.4 is 5.73 Å². The number of rotatable bonds is 5. The Balaban J connectivity index is 2.87. The van der Waals surface area contributed by atoms with Gasteiger partial charge in [-0.05, 0) is 18.7 Å². The van der Waals surface area contributed by atoms with Crippen LogP contribution in [0.15, 0.2) is 24.3 Å². The molecule has 15 heavy (non-hydrogen) atoms. The second-order valence-electron chi connectivity index (χ2n) is 3.48. The fourth-order valence-corrected chi connectivity index (χ4v) is 1.86. The van der Waals surface area contributed by atoms with E-state index in [1.54, 1.807) is 0 Å². The van der Waals surface area contributed by atoms with Gasteiger partial charge in [-0.3, -0.25) is 4.90 Å². The van der Waals surface area contributed by atoms with Crippen molar-refractivity contribution in [3.63, 3.8) is 0 Å². The molecule has 0 bridgehead atoms. The van der Waals surface area contributed by atoms with Crippen LogP contribution in [0, 0.1) is 0 Å². The van der Waals surface area contributed by atoms with Gasteiger partial charge in [0.15, 0.2) is 0 Å². The zero-order valence-corrected chi connectivity index (χ0v) is 9.61. The van der Waals surface area contributed by atoms with Gasteiger partial charge in [-0.2, -0.15) is 0 Å². The summed E-state index contributed by atoms with van der Waals surface area (Å²) in [7, 11) is 1.93. The van der Waals surface area contributed by atoms with Crippen LogP contribution in [0.5, 0.6) is 0 Å². The summed E-state index contributed by atoms with van der Waals surface area (Å²) in [6.07, 6.45) is 0. The van der Waals surface area contributed by atoms with Gasteiger partial charge in [0.2, 0.25) is 0 Å². The van der Waals surface area contributed by atoms with Crippen molar-refractivity contribution in [1.82, 2.24) is 4.90 Å². The lowest BCUT2D eigenvalue weighted by Crippen LogP contribution is -2.32. The van der Waals surface area contributed by atoms with Crippen molar-refractivity contribution < 1.29 is 5.11 Å². The summed E-state index contributed by atoms with van der Waals surface area (Å²) in [5.41, 5.74) is 6.73. The van der Waals surface area contributed by atoms with Gasteiger partial charge in [0.05, 0.1) is 6.61 Å². The fourth-order valence-electron chi connectivity index (χ4n) is 1.60. The molecule has 1 aromatic rings. The molecule has 0 spiro atoms. The van der Waals surface area contributed by atoms with Crippen molar-refractivity contribution in [2.45, 2.75) is 6.04 Å². The summed E-state index contributed by atoms with van der Waals surface area (Å²) in [6, 6.07) is 7.72. The van der Waals surface area contributed by atoms with Crippen LogP contribution in [0.1, 0.15) is 11.6 Å². The van der Waals surface area contributed by atoms with E-state index in [9.17, 15) is 0 Å². The largest absolute Gasteiger partial charge is 0.395 e. The zero-order chi connectivity index (χ0) is 11.3. The summed E-state index contributed by atoms with van der Waals surface area (Å²) in [6.45, 7) is 1.20. The smallest absolute Gasteiger partial charge is 0.0558 e. The third kappa shape index (κ3) is 3.18. The number of hydrogen-bond donors (Lipinski definition) is 2. The first-order valence-corrected chi connectivity index (χ1v) is 5.34. The van der Waals surface area contributed by atoms with Gasteiger partial charge >= 0.3 is 0 Å². The molecule has 0 saturated heterocycles. The Kier molecular flexibility index (Phi) is 5.05. The predicted molar refractivity (Wildman–Crippen MR) is 63.0 cm³/mol. The van der Waals surface area contributed by atoms with E-state index in [1.807, 2.05) is 36.2 Å². The Bertz CT molecular complexity index is 306. The lowest BCUT2D eigenvalue weighted by molar-refractivity contribution is 0.183. The van der Waals surface area contributed by atoms with Crippen LogP contribution in [0.2, 0.25) is 5.02 Å². The molecule has 1 aromatic carbocycles. The van der Waals surface area contributed by atoms with E-state index in [4.69, 9.17) is 22.4 Å². The number of halogens is 1. The standard InChI is InChI=1S/C11H17ClN2O/c1-14(6-7-15)11(8-13)9-4-2-3-5-10(9)12/h2-5,11,15H,6-8,13H2,1H3. The SMILES string of the molecule is CN(CCO)C(CN)c1ccccc1Cl. The van der Waals surface area contributed by atoms with Gasteiger partial charge in [0, 0.05) is 24.2 Å². The summed E-state index contributed by atoms with van der Waals surface area (Å²) >= 11 is 6.10. The van der Waals surface area contributed by atoms with Gasteiger partial charge in [-0.15, -0.1) is 0 Å². The average Bonchev–Trinajstić information content (AvgIpc) is 2.22. The summed E-state index contributed by atoms with van der Waals surface area (Å²) in [5, 5.41) is 9.60. The molecule has 0 fully saturated rings. The number of likely N-dealkylation sites (N-methyl/N-ethyl adjacent to an activating group) is 1. The van der Waals surface area contributed by atoms with Crippen molar-refractivity contribution in [3.8, 4) is 0 Å². The minimum atomic E-state index is 0.0610. The van der Waals surface area contributed by atoms with Crippen molar-refractivity contribution in [2.75, 3.05) is 26.7 Å². The maximum absolute atomic E-state index is 8.88. The molecular formula is C11H17ClN2O. The minimum absolute atomic E-state index is 0.0610. The van der Waals surface area contributed by atoms with E-state index in [2.05, 4.69) is 0 Å². The van der Waals surface area contributed by atoms with Crippen LogP contribution in [-0.2, 0) is 0 Å². The Morgan fingerprint density at radius 1 is 1.47 bits per heavy atom. The lowest BCUT2D eigenvalue weighted by atomic mass is 10.1. The van der Waals surface area contributed by atoms with E-state index in [0.717, 1.165) is 10.6 Å². The van der Waals surface area contributed by atoms with Crippen LogP contribution in [0.4, 0.5) is 0 Å². The van der Waals surface area contributed by atoms with Gasteiger partial charge in [-0.1, -0.05) is 29.8 Å². The fraction of sp³-hybridized carbons (Fsp3) is 0.455. The molecule has 0 heterocycles. The molecule has 1 rings (SSSR count). The van der Waals surface area contributed by atoms with E-state index in [-0.39, 0.29) is 12.6 Å². The third-order valence-corrected chi connectivity index (χ3v) is 2.82. The number of benzene rings is 1. The topological polar surface area (TPSA) is 49.5 Å². The molecule has 1 unspecified atom stereocenters. The predicted octanol–water partition coefficient (Wildman–Crippen LogP) is 1.26. The molecule has 0 aliphatic heterocycles. The van der Waals surface area contributed by atoms with Gasteiger partial charge in [0.1, 0.15) is 0 Å². The molecule has 84 valence electrons. The van der Waals surface area contributed by atoms with Crippen molar-refractivity contribution in [2.24, 2.45) is 5.73 Å². The molecule has 0 radical (unpaired) electrons. The van der Waals surface area contributed by atoms with E-state index < -0.39 is 0 Å². The molecular weight excluding hydrogens is 212 g/mol. The highest BCUT2D eigenvalue weighted by molar-refractivity contribution is 6.31. The Morgan fingerprint density at radius 3 is 2.67 bits per heavy atom. The first kappa shape index (κ1) is 12.5. The summed E-state index contributed by atoms with van der Waals surface area (Å²) in [4.78, 5) is 2.00. The molecule has 0 saturated carbocycles. The zero-order valence-electron chi connectivity index (χ0n) is 8.86. The number of nitrogens with two attached hydrogens (primary N) is 1. The average molecular weight is 229 g/mol. The van der Waals surface area contributed by atoms with E-state index >= 15 is 0 Å². The molecule has 3 nitrogen and oxygen atoms in total. The third-order valence-electron chi connectivity index (χ3n) is 2.47. The second kappa shape index (κ2) is 6.08. The molecule has 3 N–H and O–H groups in total.